The van der Waals surface area contributed by atoms with E-state index in [1.54, 1.807) is 196 Å². The van der Waals surface area contributed by atoms with Gasteiger partial charge in [-0.05, 0) is 218 Å². The van der Waals surface area contributed by atoms with Crippen LogP contribution >= 0.6 is 0 Å². The Morgan fingerprint density at radius 3 is 0.581 bits per heavy atom. The molecule has 0 saturated heterocycles. The van der Waals surface area contributed by atoms with Gasteiger partial charge in [-0.1, -0.05) is 76.4 Å². The van der Waals surface area contributed by atoms with Crippen molar-refractivity contribution in [2.75, 3.05) is 70.4 Å². The predicted octanol–water partition coefficient (Wildman–Crippen LogP) is 15.9. The van der Waals surface area contributed by atoms with Gasteiger partial charge >= 0.3 is 0 Å². The third kappa shape index (κ3) is 15.5. The zero-order valence-electron chi connectivity index (χ0n) is 53.6. The van der Waals surface area contributed by atoms with Crippen LogP contribution in [-0.2, 0) is 19.6 Å². The van der Waals surface area contributed by atoms with Crippen molar-refractivity contribution < 1.29 is 43.0 Å². The van der Waals surface area contributed by atoms with Gasteiger partial charge in [-0.25, -0.2) is 0 Å². The zero-order chi connectivity index (χ0) is 65.4. The van der Waals surface area contributed by atoms with E-state index in [1.165, 1.54) is 0 Å². The highest BCUT2D eigenvalue weighted by Crippen LogP contribution is 2.31. The van der Waals surface area contributed by atoms with Crippen LogP contribution in [0.5, 0.6) is 17.2 Å². The number of hydrogen-bond acceptors (Lipinski definition) is 9. The van der Waals surface area contributed by atoms with Crippen LogP contribution in [0.15, 0.2) is 218 Å². The first-order chi connectivity index (χ1) is 45.3. The van der Waals surface area contributed by atoms with Crippen molar-refractivity contribution in [1.82, 2.24) is 0 Å². The Hall–Kier alpha value is -10.8. The molecule has 10 aliphatic rings. The summed E-state index contributed by atoms with van der Waals surface area (Å²) in [6, 6.07) is 64.7. The molecule has 12 bridgehead atoms. The second kappa shape index (κ2) is 30.8. The number of anilines is 6. The number of benzene rings is 9. The normalized spacial score (nSPS) is 13.4. The van der Waals surface area contributed by atoms with Crippen LogP contribution in [-0.4, -0.2) is 76.4 Å². The molecule has 0 N–H and O–H groups in total. The van der Waals surface area contributed by atoms with E-state index in [-0.39, 0.29) is 55.1 Å². The van der Waals surface area contributed by atoms with Gasteiger partial charge in [0.15, 0.2) is 0 Å². The molecule has 0 unspecified atom stereocenters. The van der Waals surface area contributed by atoms with Crippen molar-refractivity contribution >= 4 is 69.6 Å². The van der Waals surface area contributed by atoms with E-state index in [0.717, 1.165) is 36.0 Å². The molecule has 0 atom stereocenters. The lowest BCUT2D eigenvalue weighted by Gasteiger charge is -2.27. The Morgan fingerprint density at radius 2 is 0.409 bits per heavy atom. The van der Waals surface area contributed by atoms with Crippen LogP contribution in [0.3, 0.4) is 0 Å². The van der Waals surface area contributed by atoms with E-state index in [4.69, 9.17) is 14.2 Å². The largest absolute Gasteiger partial charge is 0.497 e. The maximum atomic E-state index is 15.0. The summed E-state index contributed by atoms with van der Waals surface area (Å²) in [6.07, 6.45) is 4.63. The summed E-state index contributed by atoms with van der Waals surface area (Å²) >= 11 is 0. The second-order valence-corrected chi connectivity index (χ2v) is 22.9. The van der Waals surface area contributed by atoms with Crippen LogP contribution < -0.4 is 43.6 Å². The van der Waals surface area contributed by atoms with E-state index >= 15 is 0 Å². The number of carbonyl (C=O) groups excluding carboxylic acids is 6. The minimum absolute atomic E-state index is 0.193. The number of amides is 6. The summed E-state index contributed by atoms with van der Waals surface area (Å²) in [5.74, 6) is 0.383. The Morgan fingerprint density at radius 1 is 0.237 bits per heavy atom. The number of ether oxygens (including phenoxy) is 3. The summed E-state index contributed by atoms with van der Waals surface area (Å²) in [6.45, 7) is 8.00. The summed E-state index contributed by atoms with van der Waals surface area (Å²) in [7, 11) is 4.80. The number of hydrogen-bond donors (Lipinski definition) is 0. The highest BCUT2D eigenvalue weighted by atomic mass is 16.5. The van der Waals surface area contributed by atoms with Gasteiger partial charge in [0.2, 0.25) is 0 Å². The average molecular weight is 1240 g/mol. The molecule has 93 heavy (non-hydrogen) atoms. The van der Waals surface area contributed by atoms with Gasteiger partial charge in [0.25, 0.3) is 35.4 Å². The van der Waals surface area contributed by atoms with E-state index in [2.05, 4.69) is 20.8 Å². The fourth-order valence-electron chi connectivity index (χ4n) is 11.2. The Kier molecular flexibility index (Phi) is 21.6. The van der Waals surface area contributed by atoms with Crippen molar-refractivity contribution in [2.24, 2.45) is 0 Å². The van der Waals surface area contributed by atoms with Gasteiger partial charge in [-0.2, -0.15) is 0 Å². The van der Waals surface area contributed by atoms with E-state index in [9.17, 15) is 28.8 Å². The molecular formula is C78H78N6O9. The van der Waals surface area contributed by atoms with Gasteiger partial charge in [-0.3, -0.25) is 28.8 Å². The van der Waals surface area contributed by atoms with Crippen LogP contribution in [0.2, 0.25) is 0 Å². The molecule has 15 heteroatoms. The SMILES string of the molecule is CCCCN1C(=O)c2ccc(cc2)N(Cc2ccc(OC)cc2)C(=O)c2ccc(cc2)N(CCCC)C(=O)c2ccc(cc2)N(Cc2ccc(OC)cc2)C(=O)c2ccc(cc2)N(CCCC)C(=O)c2ccc(cc2)N(Cc2ccc(OC)cc2)C(=O)c2ccc1cc2. The third-order valence-corrected chi connectivity index (χ3v) is 16.7. The molecule has 0 fully saturated rings. The molecule has 9 aromatic carbocycles. The molecule has 0 aromatic heterocycles. The lowest BCUT2D eigenvalue weighted by Crippen LogP contribution is -2.33. The van der Waals surface area contributed by atoms with E-state index in [1.807, 2.05) is 72.8 Å². The Labute approximate surface area is 545 Å². The van der Waals surface area contributed by atoms with Crippen molar-refractivity contribution in [3.05, 3.63) is 268 Å². The van der Waals surface area contributed by atoms with Crippen LogP contribution in [0, 0.1) is 0 Å². The first-order valence-electron chi connectivity index (χ1n) is 31.7. The molecule has 0 saturated carbocycles. The zero-order valence-corrected chi connectivity index (χ0v) is 53.6. The first-order valence-corrected chi connectivity index (χ1v) is 31.7. The fourth-order valence-corrected chi connectivity index (χ4v) is 11.2. The van der Waals surface area contributed by atoms with Crippen molar-refractivity contribution in [3.63, 3.8) is 0 Å². The van der Waals surface area contributed by atoms with Crippen LogP contribution in [0.4, 0.5) is 34.1 Å². The second-order valence-electron chi connectivity index (χ2n) is 22.9. The maximum absolute atomic E-state index is 15.0. The lowest BCUT2D eigenvalue weighted by atomic mass is 10.1. The monoisotopic (exact) mass is 1240 g/mol. The maximum Gasteiger partial charge on any atom is 0.258 e. The lowest BCUT2D eigenvalue weighted by molar-refractivity contribution is 0.0976. The van der Waals surface area contributed by atoms with Gasteiger partial charge < -0.3 is 43.6 Å². The number of carbonyl (C=O) groups is 6. The smallest absolute Gasteiger partial charge is 0.258 e. The fraction of sp³-hybridized carbons (Fsp3) is 0.231. The molecule has 0 spiro atoms. The molecule has 0 aliphatic carbocycles. The standard InChI is InChI=1S/C78H78N6O9/c1-7-10-49-79-64-31-19-61(20-32-64)76(88)83(53-56-15-45-71(92-5)46-16-56)68-39-27-59(28-40-68)74(86)81(51-12-9-3)66-35-23-63(24-36-66)78(90)84(54-57-17-47-72(93-6)48-18-57)69-41-29-60(30-42-69)75(87)80(50-11-8-2)65-33-21-62(22-34-65)77(89)82(52-55-13-43-70(91-4)44-14-55)67-37-25-58(26-38-67)73(79)85/h13-48H,7-12,49-54H2,1-6H3. The Bertz CT molecular complexity index is 3590. The molecule has 19 rings (SSSR count). The Balaban J connectivity index is 1.06. The summed E-state index contributed by atoms with van der Waals surface area (Å²) in [4.78, 5) is 99.3. The topological polar surface area (TPSA) is 150 Å². The van der Waals surface area contributed by atoms with Crippen molar-refractivity contribution in [1.29, 1.82) is 0 Å². The molecular weight excluding hydrogens is 1160 g/mol. The molecule has 474 valence electrons. The summed E-state index contributed by atoms with van der Waals surface area (Å²) < 4.78 is 16.3. The number of methoxy groups -OCH3 is 3. The number of rotatable bonds is 18. The van der Waals surface area contributed by atoms with Crippen molar-refractivity contribution in [2.45, 2.75) is 78.9 Å². The van der Waals surface area contributed by atoms with Gasteiger partial charge in [0.05, 0.1) is 41.0 Å². The highest BCUT2D eigenvalue weighted by molar-refractivity contribution is 6.12. The van der Waals surface area contributed by atoms with E-state index < -0.39 is 0 Å². The average Bonchev–Trinajstić information content (AvgIpc) is 0.923. The summed E-state index contributed by atoms with van der Waals surface area (Å²) in [5, 5.41) is 0. The molecule has 10 aliphatic heterocycles. The van der Waals surface area contributed by atoms with E-state index in [0.29, 0.717) is 124 Å². The minimum atomic E-state index is -0.297. The van der Waals surface area contributed by atoms with Gasteiger partial charge in [0.1, 0.15) is 17.2 Å². The van der Waals surface area contributed by atoms with Gasteiger partial charge in [-0.15, -0.1) is 0 Å². The molecule has 6 amide bonds. The number of nitrogens with zero attached hydrogens (tertiary/aromatic N) is 6. The third-order valence-electron chi connectivity index (χ3n) is 16.7. The molecule has 9 aromatic rings. The van der Waals surface area contributed by atoms with Crippen LogP contribution in [0.1, 0.15) is 138 Å². The van der Waals surface area contributed by atoms with Crippen LogP contribution in [0.25, 0.3) is 0 Å². The number of unbranched alkanes of at least 4 members (excludes halogenated alkanes) is 3. The van der Waals surface area contributed by atoms with Crippen molar-refractivity contribution in [3.8, 4) is 17.2 Å². The molecule has 15 nitrogen and oxygen atoms in total. The first kappa shape index (κ1) is 65.2. The quantitative estimate of drug-likeness (QED) is 0.0818. The molecule has 0 radical (unpaired) electrons. The molecule has 10 heterocycles. The summed E-state index contributed by atoms with van der Waals surface area (Å²) in [5.41, 5.74) is 8.40. The van der Waals surface area contributed by atoms with Gasteiger partial charge in [0, 0.05) is 87.1 Å². The highest BCUT2D eigenvalue weighted by Gasteiger charge is 2.28. The minimum Gasteiger partial charge on any atom is -0.497 e. The predicted molar refractivity (Wildman–Crippen MR) is 369 cm³/mol.